The van der Waals surface area contributed by atoms with Crippen LogP contribution in [-0.2, 0) is 0 Å². The molecule has 3 aromatic rings. The number of nitrogens with zero attached hydrogens (tertiary/aromatic N) is 3. The van der Waals surface area contributed by atoms with E-state index in [2.05, 4.69) is 15.3 Å². The summed E-state index contributed by atoms with van der Waals surface area (Å²) in [4.78, 5) is 20.7. The molecule has 5 heteroatoms. The molecule has 0 atom stereocenters. The molecule has 0 bridgehead atoms. The number of pyridine rings is 2. The average molecular weight is 300 g/mol. The molecule has 23 heavy (non-hydrogen) atoms. The summed E-state index contributed by atoms with van der Waals surface area (Å²) in [7, 11) is 0. The number of hydrogen-bond acceptors (Lipinski definition) is 4. The van der Waals surface area contributed by atoms with Crippen LogP contribution in [0.5, 0.6) is 0 Å². The molecule has 0 unspecified atom stereocenters. The predicted octanol–water partition coefficient (Wildman–Crippen LogP) is 3.27. The lowest BCUT2D eigenvalue weighted by Gasteiger charge is -2.06. The van der Waals surface area contributed by atoms with Gasteiger partial charge in [-0.25, -0.2) is 0 Å². The Labute approximate surface area is 133 Å². The van der Waals surface area contributed by atoms with Crippen molar-refractivity contribution in [3.8, 4) is 17.5 Å². The summed E-state index contributed by atoms with van der Waals surface area (Å²) >= 11 is 0. The van der Waals surface area contributed by atoms with Crippen LogP contribution in [0.2, 0.25) is 0 Å². The van der Waals surface area contributed by atoms with Crippen molar-refractivity contribution in [3.63, 3.8) is 0 Å². The molecule has 2 heterocycles. The van der Waals surface area contributed by atoms with Crippen molar-refractivity contribution in [2.45, 2.75) is 0 Å². The van der Waals surface area contributed by atoms with Crippen LogP contribution in [0.15, 0.2) is 67.0 Å². The molecule has 0 aliphatic carbocycles. The Bertz CT molecular complexity index is 868. The van der Waals surface area contributed by atoms with E-state index in [9.17, 15) is 4.79 Å². The van der Waals surface area contributed by atoms with Crippen LogP contribution < -0.4 is 5.32 Å². The number of carbonyl (C=O) groups excluding carboxylic acids is 1. The molecular formula is C18H12N4O. The second kappa shape index (κ2) is 6.50. The first-order chi connectivity index (χ1) is 11.3. The van der Waals surface area contributed by atoms with E-state index in [0.29, 0.717) is 22.5 Å². The molecule has 2 aromatic heterocycles. The highest BCUT2D eigenvalue weighted by molar-refractivity contribution is 6.04. The number of amides is 1. The van der Waals surface area contributed by atoms with Crippen LogP contribution in [0.1, 0.15) is 15.9 Å². The second-order valence-electron chi connectivity index (χ2n) is 4.79. The van der Waals surface area contributed by atoms with E-state index in [1.165, 1.54) is 6.20 Å². The van der Waals surface area contributed by atoms with Gasteiger partial charge in [0.25, 0.3) is 5.91 Å². The number of nitriles is 1. The maximum atomic E-state index is 12.2. The second-order valence-corrected chi connectivity index (χ2v) is 4.79. The first-order valence-electron chi connectivity index (χ1n) is 6.95. The van der Waals surface area contributed by atoms with Crippen LogP contribution >= 0.6 is 0 Å². The first kappa shape index (κ1) is 14.4. The Morgan fingerprint density at radius 1 is 1.00 bits per heavy atom. The number of rotatable bonds is 3. The Kier molecular flexibility index (Phi) is 4.07. The zero-order valence-electron chi connectivity index (χ0n) is 12.1. The number of nitrogens with one attached hydrogen (secondary N) is 1. The highest BCUT2D eigenvalue weighted by atomic mass is 16.1. The van der Waals surface area contributed by atoms with Crippen molar-refractivity contribution in [1.82, 2.24) is 9.97 Å². The third kappa shape index (κ3) is 3.39. The van der Waals surface area contributed by atoms with Gasteiger partial charge in [0.05, 0.1) is 28.6 Å². The van der Waals surface area contributed by atoms with Crippen molar-refractivity contribution in [3.05, 3.63) is 78.1 Å². The van der Waals surface area contributed by atoms with E-state index in [1.807, 2.05) is 24.3 Å². The van der Waals surface area contributed by atoms with Crippen molar-refractivity contribution < 1.29 is 4.79 Å². The lowest BCUT2D eigenvalue weighted by Crippen LogP contribution is -2.12. The highest BCUT2D eigenvalue weighted by Gasteiger charge is 2.08. The lowest BCUT2D eigenvalue weighted by molar-refractivity contribution is 0.102. The van der Waals surface area contributed by atoms with E-state index in [0.717, 1.165) is 5.69 Å². The van der Waals surface area contributed by atoms with Crippen molar-refractivity contribution in [1.29, 1.82) is 5.26 Å². The van der Waals surface area contributed by atoms with Crippen molar-refractivity contribution in [2.75, 3.05) is 5.32 Å². The van der Waals surface area contributed by atoms with Gasteiger partial charge in [0.1, 0.15) is 0 Å². The molecule has 0 radical (unpaired) electrons. The van der Waals surface area contributed by atoms with Crippen LogP contribution in [-0.4, -0.2) is 15.9 Å². The van der Waals surface area contributed by atoms with Gasteiger partial charge in [-0.1, -0.05) is 12.1 Å². The molecule has 1 N–H and O–H groups in total. The summed E-state index contributed by atoms with van der Waals surface area (Å²) in [6.07, 6.45) is 3.20. The SMILES string of the molecule is N#Cc1cccc(NC(=O)c2ccc(-c3ccccn3)nc2)c1. The van der Waals surface area contributed by atoms with Crippen LogP contribution in [0.4, 0.5) is 5.69 Å². The molecule has 0 aliphatic heterocycles. The number of anilines is 1. The first-order valence-corrected chi connectivity index (χ1v) is 6.95. The van der Waals surface area contributed by atoms with Gasteiger partial charge in [-0.3, -0.25) is 14.8 Å². The van der Waals surface area contributed by atoms with Crippen LogP contribution in [0, 0.1) is 11.3 Å². The molecule has 0 aliphatic rings. The van der Waals surface area contributed by atoms with Crippen molar-refractivity contribution >= 4 is 11.6 Å². The summed E-state index contributed by atoms with van der Waals surface area (Å²) in [5.74, 6) is -0.278. The van der Waals surface area contributed by atoms with Crippen LogP contribution in [0.3, 0.4) is 0 Å². The molecule has 5 nitrogen and oxygen atoms in total. The van der Waals surface area contributed by atoms with E-state index in [1.54, 1.807) is 42.6 Å². The van der Waals surface area contributed by atoms with Gasteiger partial charge in [-0.05, 0) is 42.5 Å². The fraction of sp³-hybridized carbons (Fsp3) is 0. The largest absolute Gasteiger partial charge is 0.322 e. The molecule has 1 amide bonds. The fourth-order valence-corrected chi connectivity index (χ4v) is 2.06. The van der Waals surface area contributed by atoms with Gasteiger partial charge in [-0.15, -0.1) is 0 Å². The minimum atomic E-state index is -0.278. The van der Waals surface area contributed by atoms with Gasteiger partial charge < -0.3 is 5.32 Å². The summed E-state index contributed by atoms with van der Waals surface area (Å²) in [5, 5.41) is 11.6. The third-order valence-electron chi connectivity index (χ3n) is 3.20. The van der Waals surface area contributed by atoms with E-state index >= 15 is 0 Å². The predicted molar refractivity (Wildman–Crippen MR) is 86.6 cm³/mol. The Hall–Kier alpha value is -3.52. The summed E-state index contributed by atoms with van der Waals surface area (Å²) in [5.41, 5.74) is 2.95. The van der Waals surface area contributed by atoms with E-state index in [-0.39, 0.29) is 5.91 Å². The zero-order valence-corrected chi connectivity index (χ0v) is 12.1. The quantitative estimate of drug-likeness (QED) is 0.805. The highest BCUT2D eigenvalue weighted by Crippen LogP contribution is 2.15. The summed E-state index contributed by atoms with van der Waals surface area (Å²) in [6.45, 7) is 0. The number of benzene rings is 1. The molecule has 110 valence electrons. The van der Waals surface area contributed by atoms with Gasteiger partial charge in [-0.2, -0.15) is 5.26 Å². The lowest BCUT2D eigenvalue weighted by atomic mass is 10.2. The Morgan fingerprint density at radius 3 is 2.57 bits per heavy atom. The summed E-state index contributed by atoms with van der Waals surface area (Å²) in [6, 6.07) is 17.8. The van der Waals surface area contributed by atoms with Gasteiger partial charge >= 0.3 is 0 Å². The van der Waals surface area contributed by atoms with Gasteiger partial charge in [0, 0.05) is 18.1 Å². The molecule has 0 fully saturated rings. The number of aromatic nitrogens is 2. The van der Waals surface area contributed by atoms with E-state index < -0.39 is 0 Å². The van der Waals surface area contributed by atoms with E-state index in [4.69, 9.17) is 5.26 Å². The van der Waals surface area contributed by atoms with Crippen molar-refractivity contribution in [2.24, 2.45) is 0 Å². The smallest absolute Gasteiger partial charge is 0.257 e. The molecule has 1 aromatic carbocycles. The number of hydrogen-bond donors (Lipinski definition) is 1. The molecule has 3 rings (SSSR count). The Balaban J connectivity index is 1.77. The van der Waals surface area contributed by atoms with Crippen LogP contribution in [0.25, 0.3) is 11.4 Å². The van der Waals surface area contributed by atoms with Gasteiger partial charge in [0.2, 0.25) is 0 Å². The minimum absolute atomic E-state index is 0.278. The number of carbonyl (C=O) groups is 1. The third-order valence-corrected chi connectivity index (χ3v) is 3.20. The molecule has 0 saturated heterocycles. The standard InChI is InChI=1S/C18H12N4O/c19-11-13-4-3-5-15(10-13)22-18(23)14-7-8-17(21-12-14)16-6-1-2-9-20-16/h1-10,12H,(H,22,23). The topological polar surface area (TPSA) is 78.7 Å². The fourth-order valence-electron chi connectivity index (χ4n) is 2.06. The minimum Gasteiger partial charge on any atom is -0.322 e. The monoisotopic (exact) mass is 300 g/mol. The average Bonchev–Trinajstić information content (AvgIpc) is 2.63. The maximum absolute atomic E-state index is 12.2. The normalized spacial score (nSPS) is 9.87. The molecule has 0 saturated carbocycles. The Morgan fingerprint density at radius 2 is 1.87 bits per heavy atom. The molecule has 0 spiro atoms. The maximum Gasteiger partial charge on any atom is 0.257 e. The zero-order chi connectivity index (χ0) is 16.1. The summed E-state index contributed by atoms with van der Waals surface area (Å²) < 4.78 is 0. The molecular weight excluding hydrogens is 288 g/mol. The van der Waals surface area contributed by atoms with Gasteiger partial charge in [0.15, 0.2) is 0 Å².